The molecule has 2 N–H and O–H groups in total. The molecule has 0 aromatic rings. The largest absolute Gasteiger partial charge is 0.481 e. The van der Waals surface area contributed by atoms with Crippen molar-refractivity contribution in [3.63, 3.8) is 0 Å². The van der Waals surface area contributed by atoms with Crippen molar-refractivity contribution < 1.29 is 34.1 Å². The molecule has 0 aromatic heterocycles. The molecule has 0 heterocycles. The Labute approximate surface area is 187 Å². The van der Waals surface area contributed by atoms with Gasteiger partial charge >= 0.3 is 11.9 Å². The molecule has 0 radical (unpaired) electrons. The fourth-order valence-corrected chi connectivity index (χ4v) is 6.65. The molecule has 9 heteroatoms. The van der Waals surface area contributed by atoms with E-state index in [1.165, 1.54) is 6.92 Å². The maximum atomic E-state index is 12.1. The van der Waals surface area contributed by atoms with Crippen LogP contribution in [-0.4, -0.2) is 68.9 Å². The molecule has 0 bridgehead atoms. The monoisotopic (exact) mass is 462 g/mol. The van der Waals surface area contributed by atoms with Crippen LogP contribution in [0.2, 0.25) is 0 Å². The zero-order valence-corrected chi connectivity index (χ0v) is 19.5. The Morgan fingerprint density at radius 3 is 1.97 bits per heavy atom. The zero-order chi connectivity index (χ0) is 22.5. The maximum absolute atomic E-state index is 12.1. The predicted molar refractivity (Wildman–Crippen MR) is 119 cm³/mol. The fourth-order valence-electron chi connectivity index (χ4n) is 3.21. The van der Waals surface area contributed by atoms with Crippen molar-refractivity contribution in [1.29, 1.82) is 0 Å². The van der Waals surface area contributed by atoms with E-state index in [0.717, 1.165) is 19.3 Å². The van der Waals surface area contributed by atoms with E-state index in [1.54, 1.807) is 23.5 Å². The molecule has 1 fully saturated rings. The summed E-state index contributed by atoms with van der Waals surface area (Å²) in [4.78, 5) is 45.8. The fraction of sp³-hybridized carbons (Fsp3) is 0.810. The van der Waals surface area contributed by atoms with Gasteiger partial charge < -0.3 is 14.9 Å². The van der Waals surface area contributed by atoms with Crippen LogP contribution in [0, 0.1) is 11.8 Å². The molecule has 4 unspecified atom stereocenters. The molecule has 0 aliphatic heterocycles. The van der Waals surface area contributed by atoms with Crippen LogP contribution in [-0.2, 0) is 23.9 Å². The Bertz CT molecular complexity index is 582. The van der Waals surface area contributed by atoms with Crippen LogP contribution in [0.3, 0.4) is 0 Å². The quantitative estimate of drug-likeness (QED) is 0.313. The third kappa shape index (κ3) is 10.8. The summed E-state index contributed by atoms with van der Waals surface area (Å²) in [5.74, 6) is -1.95. The van der Waals surface area contributed by atoms with Gasteiger partial charge in [-0.05, 0) is 26.2 Å². The van der Waals surface area contributed by atoms with Gasteiger partial charge in [-0.3, -0.25) is 19.2 Å². The smallest absolute Gasteiger partial charge is 0.307 e. The van der Waals surface area contributed by atoms with Crippen LogP contribution in [0.5, 0.6) is 0 Å². The highest BCUT2D eigenvalue weighted by Crippen LogP contribution is 2.39. The minimum atomic E-state index is -0.965. The molecule has 1 aliphatic carbocycles. The number of carboxylic acids is 2. The van der Waals surface area contributed by atoms with Crippen molar-refractivity contribution >= 4 is 47.0 Å². The van der Waals surface area contributed by atoms with Gasteiger partial charge in [-0.1, -0.05) is 13.3 Å². The molecule has 1 saturated carbocycles. The van der Waals surface area contributed by atoms with Crippen LogP contribution in [0.1, 0.15) is 58.8 Å². The van der Waals surface area contributed by atoms with Gasteiger partial charge in [0.15, 0.2) is 0 Å². The van der Waals surface area contributed by atoms with E-state index in [4.69, 9.17) is 4.74 Å². The number of rotatable bonds is 17. The number of hydrogen-bond acceptors (Lipinski definition) is 7. The van der Waals surface area contributed by atoms with E-state index in [2.05, 4.69) is 0 Å². The Morgan fingerprint density at radius 1 is 0.933 bits per heavy atom. The summed E-state index contributed by atoms with van der Waals surface area (Å²) in [7, 11) is 0. The Hall–Kier alpha value is -1.06. The minimum absolute atomic E-state index is 0.0140. The number of carbonyl (C=O) groups excluding carboxylic acids is 2. The first-order valence-corrected chi connectivity index (χ1v) is 12.6. The summed E-state index contributed by atoms with van der Waals surface area (Å²) >= 11 is 3.29. The van der Waals surface area contributed by atoms with Crippen LogP contribution in [0.4, 0.5) is 0 Å². The third-order valence-corrected chi connectivity index (χ3v) is 8.55. The van der Waals surface area contributed by atoms with Crippen molar-refractivity contribution in [3.8, 4) is 0 Å². The Kier molecular flexibility index (Phi) is 13.4. The van der Waals surface area contributed by atoms with E-state index in [9.17, 15) is 29.4 Å². The molecular formula is C21H34O7S2. The minimum Gasteiger partial charge on any atom is -0.481 e. The second-order valence-electron chi connectivity index (χ2n) is 7.71. The van der Waals surface area contributed by atoms with Crippen molar-refractivity contribution in [2.24, 2.45) is 11.8 Å². The lowest BCUT2D eigenvalue weighted by Crippen LogP contribution is -2.24. The first-order chi connectivity index (χ1) is 14.2. The van der Waals surface area contributed by atoms with E-state index in [-0.39, 0.29) is 43.5 Å². The van der Waals surface area contributed by atoms with Crippen molar-refractivity contribution in [1.82, 2.24) is 0 Å². The van der Waals surface area contributed by atoms with E-state index >= 15 is 0 Å². The summed E-state index contributed by atoms with van der Waals surface area (Å²) in [6.07, 6.45) is 4.14. The molecule has 0 aromatic carbocycles. The molecule has 1 aliphatic rings. The number of ether oxygens (including phenoxy) is 1. The average Bonchev–Trinajstić information content (AvgIpc) is 3.12. The highest BCUT2D eigenvalue weighted by Gasteiger charge is 2.31. The summed E-state index contributed by atoms with van der Waals surface area (Å²) < 4.78 is 5.25. The number of carboxylic acid groups (broad SMARTS) is 2. The highest BCUT2D eigenvalue weighted by molar-refractivity contribution is 8.03. The van der Waals surface area contributed by atoms with Crippen LogP contribution < -0.4 is 0 Å². The van der Waals surface area contributed by atoms with E-state index in [0.29, 0.717) is 34.8 Å². The molecule has 30 heavy (non-hydrogen) atoms. The number of Topliss-reactive ketones (excluding diaryl/α,β-unsaturated/α-hetero) is 2. The van der Waals surface area contributed by atoms with Gasteiger partial charge in [-0.25, -0.2) is 0 Å². The molecule has 4 atom stereocenters. The van der Waals surface area contributed by atoms with Gasteiger partial charge in [0.1, 0.15) is 11.6 Å². The standard InChI is InChI=1S/C21H34O7S2/c1-3-15(20(24)25)12-29-18-5-4-6-19(18)30-13-16(21(26)27)11-17(23)8-10-28-9-7-14(2)22/h15-16,18-19H,3-13H2,1-2H3,(H,24,25)(H,26,27). The van der Waals surface area contributed by atoms with Gasteiger partial charge in [-0.2, -0.15) is 23.5 Å². The average molecular weight is 463 g/mol. The normalized spacial score (nSPS) is 20.6. The van der Waals surface area contributed by atoms with Crippen LogP contribution >= 0.6 is 23.5 Å². The maximum Gasteiger partial charge on any atom is 0.307 e. The molecular weight excluding hydrogens is 428 g/mol. The number of thioether (sulfide) groups is 2. The molecule has 0 spiro atoms. The molecule has 0 saturated heterocycles. The summed E-state index contributed by atoms with van der Waals surface area (Å²) in [6.45, 7) is 3.84. The van der Waals surface area contributed by atoms with Gasteiger partial charge in [-0.15, -0.1) is 0 Å². The summed E-state index contributed by atoms with van der Waals surface area (Å²) in [6, 6.07) is 0. The lowest BCUT2D eigenvalue weighted by Gasteiger charge is -2.22. The van der Waals surface area contributed by atoms with E-state index < -0.39 is 17.9 Å². The second-order valence-corrected chi connectivity index (χ2v) is 10.3. The predicted octanol–water partition coefficient (Wildman–Crippen LogP) is 3.53. The third-order valence-electron chi connectivity index (χ3n) is 5.20. The van der Waals surface area contributed by atoms with Crippen molar-refractivity contribution in [2.75, 3.05) is 24.7 Å². The number of carbonyl (C=O) groups is 4. The molecule has 1 rings (SSSR count). The SMILES string of the molecule is CCC(CSC1CCCC1SCC(CC(=O)CCOCCC(C)=O)C(=O)O)C(=O)O. The summed E-state index contributed by atoms with van der Waals surface area (Å²) in [5, 5.41) is 19.3. The first kappa shape index (κ1) is 27.0. The van der Waals surface area contributed by atoms with Crippen molar-refractivity contribution in [2.45, 2.75) is 69.3 Å². The van der Waals surface area contributed by atoms with Gasteiger partial charge in [0.2, 0.25) is 0 Å². The second kappa shape index (κ2) is 14.9. The highest BCUT2D eigenvalue weighted by atomic mass is 32.2. The van der Waals surface area contributed by atoms with Gasteiger partial charge in [0, 0.05) is 41.3 Å². The Morgan fingerprint density at radius 2 is 1.47 bits per heavy atom. The number of ketones is 2. The molecule has 7 nitrogen and oxygen atoms in total. The number of hydrogen-bond donors (Lipinski definition) is 2. The van der Waals surface area contributed by atoms with E-state index in [1.807, 2.05) is 6.92 Å². The molecule has 0 amide bonds. The first-order valence-electron chi connectivity index (χ1n) is 10.5. The Balaban J connectivity index is 2.39. The van der Waals surface area contributed by atoms with Crippen LogP contribution in [0.25, 0.3) is 0 Å². The lowest BCUT2D eigenvalue weighted by molar-refractivity contribution is -0.143. The molecule has 172 valence electrons. The van der Waals surface area contributed by atoms with Gasteiger partial charge in [0.25, 0.3) is 0 Å². The lowest BCUT2D eigenvalue weighted by atomic mass is 10.0. The number of aliphatic carboxylic acids is 2. The van der Waals surface area contributed by atoms with Crippen LogP contribution in [0.15, 0.2) is 0 Å². The summed E-state index contributed by atoms with van der Waals surface area (Å²) in [5.41, 5.74) is 0. The van der Waals surface area contributed by atoms with Gasteiger partial charge in [0.05, 0.1) is 25.0 Å². The zero-order valence-electron chi connectivity index (χ0n) is 17.8. The van der Waals surface area contributed by atoms with Crippen molar-refractivity contribution in [3.05, 3.63) is 0 Å². The topological polar surface area (TPSA) is 118 Å².